The highest BCUT2D eigenvalue weighted by atomic mass is 32.1. The average Bonchev–Trinajstić information content (AvgIpc) is 2.42. The molecule has 1 aliphatic rings. The summed E-state index contributed by atoms with van der Waals surface area (Å²) in [7, 11) is 0. The van der Waals surface area contributed by atoms with Crippen LogP contribution in [0.25, 0.3) is 0 Å². The van der Waals surface area contributed by atoms with Crippen LogP contribution < -0.4 is 10.6 Å². The van der Waals surface area contributed by atoms with Gasteiger partial charge in [0.2, 0.25) is 0 Å². The first-order valence-corrected chi connectivity index (χ1v) is 8.73. The van der Waals surface area contributed by atoms with Crippen LogP contribution in [-0.4, -0.2) is 11.2 Å². The van der Waals surface area contributed by atoms with E-state index >= 15 is 0 Å². The van der Waals surface area contributed by atoms with Crippen molar-refractivity contribution in [2.75, 3.05) is 5.32 Å². The van der Waals surface area contributed by atoms with Gasteiger partial charge in [0.1, 0.15) is 0 Å². The molecule has 1 saturated carbocycles. The highest BCUT2D eigenvalue weighted by Gasteiger charge is 2.12. The SMILES string of the molecule is CC(C)c1ccc(NC(=S)NC2CCCCCCC2)cc1. The Balaban J connectivity index is 1.82. The molecule has 0 spiro atoms. The van der Waals surface area contributed by atoms with Crippen LogP contribution in [0.4, 0.5) is 5.69 Å². The van der Waals surface area contributed by atoms with Gasteiger partial charge in [0, 0.05) is 11.7 Å². The van der Waals surface area contributed by atoms with Crippen molar-refractivity contribution in [2.24, 2.45) is 0 Å². The fraction of sp³-hybridized carbons (Fsp3) is 0.611. The third-order valence-electron chi connectivity index (χ3n) is 4.28. The predicted molar refractivity (Wildman–Crippen MR) is 96.0 cm³/mol. The van der Waals surface area contributed by atoms with Crippen molar-refractivity contribution in [1.82, 2.24) is 5.32 Å². The summed E-state index contributed by atoms with van der Waals surface area (Å²) in [5.74, 6) is 0.569. The third-order valence-corrected chi connectivity index (χ3v) is 4.50. The van der Waals surface area contributed by atoms with Gasteiger partial charge in [-0.3, -0.25) is 0 Å². The lowest BCUT2D eigenvalue weighted by molar-refractivity contribution is 0.430. The van der Waals surface area contributed by atoms with Crippen LogP contribution >= 0.6 is 12.2 Å². The number of thiocarbonyl (C=S) groups is 1. The minimum atomic E-state index is 0.542. The fourth-order valence-electron chi connectivity index (χ4n) is 2.90. The lowest BCUT2D eigenvalue weighted by atomic mass is 9.97. The van der Waals surface area contributed by atoms with Crippen molar-refractivity contribution in [3.63, 3.8) is 0 Å². The number of anilines is 1. The first-order valence-electron chi connectivity index (χ1n) is 8.32. The Kier molecular flexibility index (Phi) is 6.50. The zero-order chi connectivity index (χ0) is 15.1. The summed E-state index contributed by atoms with van der Waals surface area (Å²) in [4.78, 5) is 0. The molecule has 0 unspecified atom stereocenters. The minimum Gasteiger partial charge on any atom is -0.360 e. The number of hydrogen-bond acceptors (Lipinski definition) is 1. The zero-order valence-corrected chi connectivity index (χ0v) is 14.1. The number of hydrogen-bond donors (Lipinski definition) is 2. The summed E-state index contributed by atoms with van der Waals surface area (Å²) in [5, 5.41) is 7.57. The van der Waals surface area contributed by atoms with Gasteiger partial charge < -0.3 is 10.6 Å². The zero-order valence-electron chi connectivity index (χ0n) is 13.3. The molecule has 2 rings (SSSR count). The highest BCUT2D eigenvalue weighted by molar-refractivity contribution is 7.80. The molecule has 0 radical (unpaired) electrons. The van der Waals surface area contributed by atoms with Crippen molar-refractivity contribution < 1.29 is 0 Å². The molecule has 21 heavy (non-hydrogen) atoms. The first kappa shape index (κ1) is 16.3. The van der Waals surface area contributed by atoms with Gasteiger partial charge in [-0.15, -0.1) is 0 Å². The molecule has 116 valence electrons. The molecule has 1 fully saturated rings. The molecule has 0 amide bonds. The molecule has 1 aliphatic carbocycles. The Morgan fingerprint density at radius 1 is 1.00 bits per heavy atom. The van der Waals surface area contributed by atoms with E-state index in [1.807, 2.05) is 0 Å². The molecule has 0 aliphatic heterocycles. The van der Waals surface area contributed by atoms with Gasteiger partial charge in [-0.2, -0.15) is 0 Å². The Hall–Kier alpha value is -1.09. The van der Waals surface area contributed by atoms with Gasteiger partial charge in [0.15, 0.2) is 5.11 Å². The third kappa shape index (κ3) is 5.66. The molecule has 0 bridgehead atoms. The quantitative estimate of drug-likeness (QED) is 0.750. The molecule has 1 aromatic carbocycles. The lowest BCUT2D eigenvalue weighted by Gasteiger charge is -2.23. The summed E-state index contributed by atoms with van der Waals surface area (Å²) in [6, 6.07) is 9.11. The van der Waals surface area contributed by atoms with Gasteiger partial charge in [-0.05, 0) is 48.7 Å². The second-order valence-electron chi connectivity index (χ2n) is 6.42. The molecular weight excluding hydrogens is 276 g/mol. The van der Waals surface area contributed by atoms with Crippen molar-refractivity contribution in [3.8, 4) is 0 Å². The van der Waals surface area contributed by atoms with Crippen LogP contribution in [0, 0.1) is 0 Å². The maximum Gasteiger partial charge on any atom is 0.170 e. The van der Waals surface area contributed by atoms with E-state index in [-0.39, 0.29) is 0 Å². The van der Waals surface area contributed by atoms with Crippen LogP contribution in [0.5, 0.6) is 0 Å². The van der Waals surface area contributed by atoms with E-state index in [0.29, 0.717) is 12.0 Å². The molecule has 3 heteroatoms. The van der Waals surface area contributed by atoms with Crippen molar-refractivity contribution in [2.45, 2.75) is 70.8 Å². The maximum absolute atomic E-state index is 5.46. The Morgan fingerprint density at radius 3 is 2.14 bits per heavy atom. The standard InChI is InChI=1S/C18H28N2S/c1-14(2)15-10-12-17(13-11-15)20-18(21)19-16-8-6-4-3-5-7-9-16/h10-14,16H,3-9H2,1-2H3,(H2,19,20,21). The summed E-state index contributed by atoms with van der Waals surface area (Å²) in [5.41, 5.74) is 2.43. The van der Waals surface area contributed by atoms with E-state index in [0.717, 1.165) is 10.8 Å². The van der Waals surface area contributed by atoms with Crippen LogP contribution in [0.1, 0.15) is 70.3 Å². The maximum atomic E-state index is 5.46. The van der Waals surface area contributed by atoms with Gasteiger partial charge >= 0.3 is 0 Å². The molecule has 1 aromatic rings. The summed E-state index contributed by atoms with van der Waals surface area (Å²) >= 11 is 5.46. The summed E-state index contributed by atoms with van der Waals surface area (Å²) < 4.78 is 0. The number of benzene rings is 1. The van der Waals surface area contributed by atoms with Crippen molar-refractivity contribution in [1.29, 1.82) is 0 Å². The molecule has 2 nitrogen and oxygen atoms in total. The van der Waals surface area contributed by atoms with Gasteiger partial charge in [0.25, 0.3) is 0 Å². The van der Waals surface area contributed by atoms with Gasteiger partial charge in [-0.1, -0.05) is 58.1 Å². The molecule has 2 N–H and O–H groups in total. The van der Waals surface area contributed by atoms with Gasteiger partial charge in [0.05, 0.1) is 0 Å². The average molecular weight is 305 g/mol. The Labute approximate surface area is 134 Å². The second-order valence-corrected chi connectivity index (χ2v) is 6.83. The summed E-state index contributed by atoms with van der Waals surface area (Å²) in [6.45, 7) is 4.42. The second kappa shape index (κ2) is 8.38. The van der Waals surface area contributed by atoms with Crippen LogP contribution in [0.15, 0.2) is 24.3 Å². The molecule has 0 aromatic heterocycles. The largest absolute Gasteiger partial charge is 0.360 e. The van der Waals surface area contributed by atoms with Crippen LogP contribution in [0.2, 0.25) is 0 Å². The monoisotopic (exact) mass is 304 g/mol. The highest BCUT2D eigenvalue weighted by Crippen LogP contribution is 2.19. The Bertz CT molecular complexity index is 431. The smallest absolute Gasteiger partial charge is 0.170 e. The van der Waals surface area contributed by atoms with E-state index in [1.54, 1.807) is 0 Å². The van der Waals surface area contributed by atoms with E-state index in [9.17, 15) is 0 Å². The van der Waals surface area contributed by atoms with E-state index in [2.05, 4.69) is 48.7 Å². The fourth-order valence-corrected chi connectivity index (χ4v) is 3.19. The molecule has 0 atom stereocenters. The van der Waals surface area contributed by atoms with Crippen LogP contribution in [-0.2, 0) is 0 Å². The topological polar surface area (TPSA) is 24.1 Å². The number of rotatable bonds is 3. The minimum absolute atomic E-state index is 0.542. The van der Waals surface area contributed by atoms with Gasteiger partial charge in [-0.25, -0.2) is 0 Å². The van der Waals surface area contributed by atoms with E-state index in [1.165, 1.54) is 50.5 Å². The lowest BCUT2D eigenvalue weighted by Crippen LogP contribution is -2.38. The number of nitrogens with one attached hydrogen (secondary N) is 2. The molecule has 0 heterocycles. The van der Waals surface area contributed by atoms with Crippen molar-refractivity contribution >= 4 is 23.0 Å². The van der Waals surface area contributed by atoms with Crippen molar-refractivity contribution in [3.05, 3.63) is 29.8 Å². The Morgan fingerprint density at radius 2 is 1.57 bits per heavy atom. The summed E-state index contributed by atoms with van der Waals surface area (Å²) in [6.07, 6.45) is 9.27. The molecular formula is C18H28N2S. The van der Waals surface area contributed by atoms with E-state index < -0.39 is 0 Å². The molecule has 0 saturated heterocycles. The van der Waals surface area contributed by atoms with E-state index in [4.69, 9.17) is 12.2 Å². The normalized spacial score (nSPS) is 17.1. The first-order chi connectivity index (χ1) is 10.1. The van der Waals surface area contributed by atoms with Crippen LogP contribution in [0.3, 0.4) is 0 Å². The predicted octanol–water partition coefficient (Wildman–Crippen LogP) is 5.21.